The number of nitrogens with one attached hydrogen (secondary N) is 1. The standard InChI is InChI=1S/C9H9BrN2O/c10-7-3-1-2-4-8(7)12-6-11-5-9(12)13/h1-4,11H,5-6H2. The Hall–Kier alpha value is -0.870. The van der Waals surface area contributed by atoms with Crippen LogP contribution < -0.4 is 10.2 Å². The third-order valence-electron chi connectivity index (χ3n) is 1.99. The Bertz CT molecular complexity index is 340. The summed E-state index contributed by atoms with van der Waals surface area (Å²) in [6.45, 7) is 1.03. The molecule has 1 N–H and O–H groups in total. The summed E-state index contributed by atoms with van der Waals surface area (Å²) in [6.07, 6.45) is 0. The SMILES string of the molecule is O=C1CNCN1c1ccccc1Br. The molecule has 0 saturated carbocycles. The van der Waals surface area contributed by atoms with Crippen molar-refractivity contribution < 1.29 is 4.79 Å². The van der Waals surface area contributed by atoms with Crippen LogP contribution in [-0.2, 0) is 4.79 Å². The van der Waals surface area contributed by atoms with E-state index in [1.807, 2.05) is 24.3 Å². The Kier molecular flexibility index (Phi) is 2.33. The molecule has 1 aromatic rings. The van der Waals surface area contributed by atoms with E-state index in [9.17, 15) is 4.79 Å². The highest BCUT2D eigenvalue weighted by Crippen LogP contribution is 2.26. The van der Waals surface area contributed by atoms with Gasteiger partial charge in [0.1, 0.15) is 0 Å². The lowest BCUT2D eigenvalue weighted by molar-refractivity contribution is -0.116. The number of benzene rings is 1. The number of para-hydroxylation sites is 1. The van der Waals surface area contributed by atoms with Crippen LogP contribution in [0.2, 0.25) is 0 Å². The molecule has 3 nitrogen and oxygen atoms in total. The van der Waals surface area contributed by atoms with Crippen LogP contribution in [0.4, 0.5) is 5.69 Å². The molecular weight excluding hydrogens is 232 g/mol. The van der Waals surface area contributed by atoms with Gasteiger partial charge in [-0.05, 0) is 28.1 Å². The first-order valence-corrected chi connectivity index (χ1v) is 4.84. The van der Waals surface area contributed by atoms with Crippen molar-refractivity contribution in [3.63, 3.8) is 0 Å². The highest BCUT2D eigenvalue weighted by Gasteiger charge is 2.22. The van der Waals surface area contributed by atoms with Gasteiger partial charge in [-0.1, -0.05) is 12.1 Å². The van der Waals surface area contributed by atoms with Crippen molar-refractivity contribution in [1.82, 2.24) is 5.32 Å². The lowest BCUT2D eigenvalue weighted by Gasteiger charge is -2.15. The molecule has 0 bridgehead atoms. The molecule has 1 amide bonds. The van der Waals surface area contributed by atoms with Crippen molar-refractivity contribution in [2.75, 3.05) is 18.1 Å². The van der Waals surface area contributed by atoms with Crippen LogP contribution in [-0.4, -0.2) is 19.1 Å². The van der Waals surface area contributed by atoms with Crippen molar-refractivity contribution in [1.29, 1.82) is 0 Å². The minimum Gasteiger partial charge on any atom is -0.297 e. The second-order valence-electron chi connectivity index (χ2n) is 2.86. The van der Waals surface area contributed by atoms with Crippen LogP contribution in [0.3, 0.4) is 0 Å². The zero-order valence-corrected chi connectivity index (χ0v) is 8.54. The molecule has 0 aliphatic carbocycles. The minimum absolute atomic E-state index is 0.118. The number of rotatable bonds is 1. The highest BCUT2D eigenvalue weighted by atomic mass is 79.9. The Morgan fingerprint density at radius 1 is 1.38 bits per heavy atom. The summed E-state index contributed by atoms with van der Waals surface area (Å²) in [7, 11) is 0. The maximum atomic E-state index is 11.4. The predicted molar refractivity (Wildman–Crippen MR) is 54.5 cm³/mol. The lowest BCUT2D eigenvalue weighted by atomic mass is 10.3. The average molecular weight is 241 g/mol. The van der Waals surface area contributed by atoms with E-state index in [0.29, 0.717) is 13.2 Å². The number of anilines is 1. The van der Waals surface area contributed by atoms with Gasteiger partial charge in [0.2, 0.25) is 5.91 Å². The maximum absolute atomic E-state index is 11.4. The van der Waals surface area contributed by atoms with E-state index >= 15 is 0 Å². The molecule has 68 valence electrons. The van der Waals surface area contributed by atoms with Crippen molar-refractivity contribution >= 4 is 27.5 Å². The number of hydrogen-bond acceptors (Lipinski definition) is 2. The lowest BCUT2D eigenvalue weighted by Crippen LogP contribution is -2.25. The molecule has 2 rings (SSSR count). The van der Waals surface area contributed by atoms with Crippen LogP contribution in [0.5, 0.6) is 0 Å². The summed E-state index contributed by atoms with van der Waals surface area (Å²) in [4.78, 5) is 13.1. The fourth-order valence-corrected chi connectivity index (χ4v) is 1.85. The van der Waals surface area contributed by atoms with Crippen LogP contribution in [0.15, 0.2) is 28.7 Å². The van der Waals surface area contributed by atoms with Gasteiger partial charge in [-0.3, -0.25) is 15.0 Å². The van der Waals surface area contributed by atoms with Gasteiger partial charge in [0.25, 0.3) is 0 Å². The maximum Gasteiger partial charge on any atom is 0.242 e. The molecule has 0 radical (unpaired) electrons. The Morgan fingerprint density at radius 2 is 2.15 bits per heavy atom. The molecule has 13 heavy (non-hydrogen) atoms. The van der Waals surface area contributed by atoms with E-state index in [0.717, 1.165) is 10.2 Å². The molecule has 4 heteroatoms. The molecule has 0 aromatic heterocycles. The fourth-order valence-electron chi connectivity index (χ4n) is 1.35. The van der Waals surface area contributed by atoms with E-state index in [-0.39, 0.29) is 5.91 Å². The summed E-state index contributed by atoms with van der Waals surface area (Å²) in [5.41, 5.74) is 0.928. The van der Waals surface area contributed by atoms with Crippen molar-refractivity contribution in [2.45, 2.75) is 0 Å². The zero-order valence-electron chi connectivity index (χ0n) is 6.96. The zero-order chi connectivity index (χ0) is 9.26. The van der Waals surface area contributed by atoms with Gasteiger partial charge in [0, 0.05) is 4.47 Å². The molecule has 0 atom stereocenters. The van der Waals surface area contributed by atoms with Crippen LogP contribution >= 0.6 is 15.9 Å². The van der Waals surface area contributed by atoms with Crippen LogP contribution in [0, 0.1) is 0 Å². The summed E-state index contributed by atoms with van der Waals surface area (Å²) in [5, 5.41) is 3.00. The topological polar surface area (TPSA) is 32.3 Å². The first kappa shape index (κ1) is 8.72. The number of carbonyl (C=O) groups excluding carboxylic acids is 1. The van der Waals surface area contributed by atoms with Gasteiger partial charge in [-0.15, -0.1) is 0 Å². The van der Waals surface area contributed by atoms with E-state index in [1.165, 1.54) is 0 Å². The highest BCUT2D eigenvalue weighted by molar-refractivity contribution is 9.10. The van der Waals surface area contributed by atoms with Crippen molar-refractivity contribution in [3.8, 4) is 0 Å². The largest absolute Gasteiger partial charge is 0.297 e. The van der Waals surface area contributed by atoms with E-state index in [2.05, 4.69) is 21.2 Å². The Labute approximate surface area is 84.9 Å². The van der Waals surface area contributed by atoms with Gasteiger partial charge in [0.05, 0.1) is 18.9 Å². The van der Waals surface area contributed by atoms with Gasteiger partial charge in [-0.25, -0.2) is 0 Å². The van der Waals surface area contributed by atoms with E-state index in [1.54, 1.807) is 4.90 Å². The molecule has 1 heterocycles. The normalized spacial score (nSPS) is 16.7. The number of carbonyl (C=O) groups is 1. The first-order valence-electron chi connectivity index (χ1n) is 4.04. The molecule has 1 aliphatic heterocycles. The van der Waals surface area contributed by atoms with Crippen LogP contribution in [0.1, 0.15) is 0 Å². The minimum atomic E-state index is 0.118. The van der Waals surface area contributed by atoms with E-state index in [4.69, 9.17) is 0 Å². The molecule has 1 aliphatic rings. The number of halogens is 1. The van der Waals surface area contributed by atoms with Crippen LogP contribution in [0.25, 0.3) is 0 Å². The number of amides is 1. The molecule has 1 aromatic carbocycles. The molecule has 1 fully saturated rings. The summed E-state index contributed by atoms with van der Waals surface area (Å²) in [5.74, 6) is 0.118. The quantitative estimate of drug-likeness (QED) is 0.804. The smallest absolute Gasteiger partial charge is 0.242 e. The second kappa shape index (κ2) is 3.47. The van der Waals surface area contributed by atoms with Crippen molar-refractivity contribution in [3.05, 3.63) is 28.7 Å². The van der Waals surface area contributed by atoms with Gasteiger partial charge in [-0.2, -0.15) is 0 Å². The monoisotopic (exact) mass is 240 g/mol. The number of nitrogens with zero attached hydrogens (tertiary/aromatic N) is 1. The molecule has 0 spiro atoms. The van der Waals surface area contributed by atoms with Gasteiger partial charge in [0.15, 0.2) is 0 Å². The molecule has 0 unspecified atom stereocenters. The average Bonchev–Trinajstić information content (AvgIpc) is 2.52. The van der Waals surface area contributed by atoms with Gasteiger partial charge < -0.3 is 0 Å². The predicted octanol–water partition coefficient (Wildman–Crippen LogP) is 1.34. The summed E-state index contributed by atoms with van der Waals surface area (Å²) in [6, 6.07) is 7.71. The first-order chi connectivity index (χ1) is 6.29. The third kappa shape index (κ3) is 1.59. The summed E-state index contributed by atoms with van der Waals surface area (Å²) < 4.78 is 0.951. The number of hydrogen-bond donors (Lipinski definition) is 1. The van der Waals surface area contributed by atoms with Crippen molar-refractivity contribution in [2.24, 2.45) is 0 Å². The third-order valence-corrected chi connectivity index (χ3v) is 2.66. The molecular formula is C9H9BrN2O. The fraction of sp³-hybridized carbons (Fsp3) is 0.222. The Balaban J connectivity index is 2.34. The van der Waals surface area contributed by atoms with Gasteiger partial charge >= 0.3 is 0 Å². The van der Waals surface area contributed by atoms with E-state index < -0.39 is 0 Å². The summed E-state index contributed by atoms with van der Waals surface area (Å²) >= 11 is 3.41. The molecule has 1 saturated heterocycles. The second-order valence-corrected chi connectivity index (χ2v) is 3.71. The Morgan fingerprint density at radius 3 is 2.77 bits per heavy atom.